The molecule has 0 spiro atoms. The van der Waals surface area contributed by atoms with Crippen LogP contribution in [0.15, 0.2) is 30.3 Å². The van der Waals surface area contributed by atoms with Crippen LogP contribution in [0.4, 0.5) is 0 Å². The van der Waals surface area contributed by atoms with Crippen LogP contribution in [-0.4, -0.2) is 37.4 Å². The van der Waals surface area contributed by atoms with Gasteiger partial charge in [0.15, 0.2) is 0 Å². The molecule has 1 atom stereocenters. The van der Waals surface area contributed by atoms with E-state index in [0.717, 1.165) is 25.1 Å². The molecule has 0 aliphatic heterocycles. The number of carbonyl (C=O) groups excluding carboxylic acids is 1. The molecule has 1 aromatic rings. The average molecular weight is 264 g/mol. The predicted octanol–water partition coefficient (Wildman–Crippen LogP) is 1.96. The van der Waals surface area contributed by atoms with Crippen molar-refractivity contribution in [2.24, 2.45) is 5.90 Å². The summed E-state index contributed by atoms with van der Waals surface area (Å²) in [6, 6.07) is 10.00. The Morgan fingerprint density at radius 1 is 1.32 bits per heavy atom. The van der Waals surface area contributed by atoms with Crippen LogP contribution in [0.2, 0.25) is 0 Å². The van der Waals surface area contributed by atoms with Crippen LogP contribution in [0.3, 0.4) is 0 Å². The summed E-state index contributed by atoms with van der Waals surface area (Å²) in [4.78, 5) is 18.8. The van der Waals surface area contributed by atoms with E-state index in [2.05, 4.69) is 9.74 Å². The molecule has 0 heterocycles. The third kappa shape index (κ3) is 5.51. The summed E-state index contributed by atoms with van der Waals surface area (Å²) in [5.41, 5.74) is 1.11. The number of hydrogen-bond donors (Lipinski definition) is 1. The Morgan fingerprint density at radius 2 is 2.00 bits per heavy atom. The second-order valence-electron chi connectivity index (χ2n) is 4.75. The number of rotatable bonds is 9. The zero-order valence-electron chi connectivity index (χ0n) is 11.8. The molecule has 0 fully saturated rings. The first-order valence-corrected chi connectivity index (χ1v) is 6.77. The van der Waals surface area contributed by atoms with Gasteiger partial charge in [0.2, 0.25) is 0 Å². The maximum Gasteiger partial charge on any atom is 0.140 e. The highest BCUT2D eigenvalue weighted by Crippen LogP contribution is 2.22. The van der Waals surface area contributed by atoms with E-state index < -0.39 is 0 Å². The Bertz CT molecular complexity index is 368. The van der Waals surface area contributed by atoms with Crippen molar-refractivity contribution >= 4 is 5.78 Å². The standard InChI is InChI=1S/C15H24N2O2/c1-3-15(18)14(13-7-5-4-6-8-13)9-10-17(2)11-12-19-16/h4-8,14H,3,9-12,16H2,1-2H3. The monoisotopic (exact) mass is 264 g/mol. The quantitative estimate of drug-likeness (QED) is 0.693. The third-order valence-electron chi connectivity index (χ3n) is 3.33. The second-order valence-corrected chi connectivity index (χ2v) is 4.75. The molecule has 0 aromatic heterocycles. The number of ketones is 1. The Morgan fingerprint density at radius 3 is 2.58 bits per heavy atom. The fourth-order valence-corrected chi connectivity index (χ4v) is 2.12. The number of Topliss-reactive ketones (excluding diaryl/α,β-unsaturated/α-hetero) is 1. The summed E-state index contributed by atoms with van der Waals surface area (Å²) in [6.07, 6.45) is 1.41. The second kappa shape index (κ2) is 8.80. The SMILES string of the molecule is CCC(=O)C(CCN(C)CCON)c1ccccc1. The molecular formula is C15H24N2O2. The van der Waals surface area contributed by atoms with Gasteiger partial charge in [-0.2, -0.15) is 0 Å². The molecule has 2 N–H and O–H groups in total. The van der Waals surface area contributed by atoms with Gasteiger partial charge in [0, 0.05) is 18.9 Å². The van der Waals surface area contributed by atoms with Crippen LogP contribution in [0, 0.1) is 0 Å². The predicted molar refractivity (Wildman–Crippen MR) is 76.7 cm³/mol. The summed E-state index contributed by atoms with van der Waals surface area (Å²) in [5, 5.41) is 0. The van der Waals surface area contributed by atoms with Gasteiger partial charge in [0.05, 0.1) is 6.61 Å². The normalized spacial score (nSPS) is 12.6. The molecule has 0 saturated carbocycles. The smallest absolute Gasteiger partial charge is 0.140 e. The number of benzene rings is 1. The molecule has 106 valence electrons. The van der Waals surface area contributed by atoms with Crippen molar-refractivity contribution in [1.82, 2.24) is 4.90 Å². The van der Waals surface area contributed by atoms with Gasteiger partial charge in [0.1, 0.15) is 5.78 Å². The third-order valence-corrected chi connectivity index (χ3v) is 3.33. The molecule has 1 rings (SSSR count). The summed E-state index contributed by atoms with van der Waals surface area (Å²) < 4.78 is 0. The topological polar surface area (TPSA) is 55.6 Å². The van der Waals surface area contributed by atoms with E-state index in [-0.39, 0.29) is 5.92 Å². The largest absolute Gasteiger partial charge is 0.304 e. The maximum atomic E-state index is 12.1. The first kappa shape index (κ1) is 15.8. The van der Waals surface area contributed by atoms with Crippen molar-refractivity contribution < 1.29 is 9.63 Å². The zero-order chi connectivity index (χ0) is 14.1. The fraction of sp³-hybridized carbons (Fsp3) is 0.533. The van der Waals surface area contributed by atoms with Crippen LogP contribution in [-0.2, 0) is 9.63 Å². The molecule has 19 heavy (non-hydrogen) atoms. The number of carbonyl (C=O) groups is 1. The average Bonchev–Trinajstić information content (AvgIpc) is 2.46. The van der Waals surface area contributed by atoms with E-state index in [0.29, 0.717) is 18.8 Å². The summed E-state index contributed by atoms with van der Waals surface area (Å²) in [7, 11) is 2.01. The van der Waals surface area contributed by atoms with Crippen LogP contribution >= 0.6 is 0 Å². The summed E-state index contributed by atoms with van der Waals surface area (Å²) in [5.74, 6) is 5.31. The Balaban J connectivity index is 2.59. The molecule has 1 aromatic carbocycles. The van der Waals surface area contributed by atoms with E-state index in [1.54, 1.807) is 0 Å². The Labute approximate surface area is 115 Å². The Kier molecular flexibility index (Phi) is 7.33. The minimum absolute atomic E-state index is 0.00700. The molecule has 0 aliphatic rings. The van der Waals surface area contributed by atoms with E-state index in [1.807, 2.05) is 44.3 Å². The lowest BCUT2D eigenvalue weighted by atomic mass is 9.90. The van der Waals surface area contributed by atoms with Gasteiger partial charge >= 0.3 is 0 Å². The molecular weight excluding hydrogens is 240 g/mol. The highest BCUT2D eigenvalue weighted by molar-refractivity contribution is 5.85. The molecule has 4 heteroatoms. The number of nitrogens with two attached hydrogens (primary N) is 1. The maximum absolute atomic E-state index is 12.1. The van der Waals surface area contributed by atoms with E-state index >= 15 is 0 Å². The van der Waals surface area contributed by atoms with Crippen molar-refractivity contribution in [3.63, 3.8) is 0 Å². The molecule has 0 saturated heterocycles. The molecule has 0 bridgehead atoms. The van der Waals surface area contributed by atoms with E-state index in [1.165, 1.54) is 0 Å². The summed E-state index contributed by atoms with van der Waals surface area (Å²) >= 11 is 0. The van der Waals surface area contributed by atoms with Crippen molar-refractivity contribution in [3.05, 3.63) is 35.9 Å². The molecule has 1 unspecified atom stereocenters. The van der Waals surface area contributed by atoms with Gasteiger partial charge in [-0.15, -0.1) is 0 Å². The minimum atomic E-state index is -0.00700. The molecule has 0 aliphatic carbocycles. The van der Waals surface area contributed by atoms with Gasteiger partial charge in [-0.3, -0.25) is 4.79 Å². The zero-order valence-corrected chi connectivity index (χ0v) is 11.8. The van der Waals surface area contributed by atoms with Crippen LogP contribution in [0.1, 0.15) is 31.2 Å². The van der Waals surface area contributed by atoms with Crippen LogP contribution < -0.4 is 5.90 Å². The summed E-state index contributed by atoms with van der Waals surface area (Å²) in [6.45, 7) is 4.06. The van der Waals surface area contributed by atoms with Crippen molar-refractivity contribution in [1.29, 1.82) is 0 Å². The van der Waals surface area contributed by atoms with E-state index in [9.17, 15) is 4.79 Å². The van der Waals surface area contributed by atoms with Gasteiger partial charge < -0.3 is 9.74 Å². The van der Waals surface area contributed by atoms with Crippen molar-refractivity contribution in [2.75, 3.05) is 26.7 Å². The highest BCUT2D eigenvalue weighted by Gasteiger charge is 2.18. The lowest BCUT2D eigenvalue weighted by molar-refractivity contribution is -0.120. The number of nitrogens with zero attached hydrogens (tertiary/aromatic N) is 1. The van der Waals surface area contributed by atoms with E-state index in [4.69, 9.17) is 5.90 Å². The van der Waals surface area contributed by atoms with Gasteiger partial charge in [-0.05, 0) is 25.6 Å². The lowest BCUT2D eigenvalue weighted by Gasteiger charge is -2.20. The van der Waals surface area contributed by atoms with Gasteiger partial charge in [0.25, 0.3) is 0 Å². The van der Waals surface area contributed by atoms with Crippen molar-refractivity contribution in [2.45, 2.75) is 25.7 Å². The molecule has 0 amide bonds. The lowest BCUT2D eigenvalue weighted by Crippen LogP contribution is -2.27. The minimum Gasteiger partial charge on any atom is -0.304 e. The molecule has 4 nitrogen and oxygen atoms in total. The van der Waals surface area contributed by atoms with Crippen LogP contribution in [0.25, 0.3) is 0 Å². The van der Waals surface area contributed by atoms with Gasteiger partial charge in [-0.1, -0.05) is 37.3 Å². The Hall–Kier alpha value is -1.23. The van der Waals surface area contributed by atoms with Crippen LogP contribution in [0.5, 0.6) is 0 Å². The molecule has 0 radical (unpaired) electrons. The highest BCUT2D eigenvalue weighted by atomic mass is 16.6. The number of hydrogen-bond acceptors (Lipinski definition) is 4. The van der Waals surface area contributed by atoms with Crippen molar-refractivity contribution in [3.8, 4) is 0 Å². The first-order valence-electron chi connectivity index (χ1n) is 6.77. The van der Waals surface area contributed by atoms with Gasteiger partial charge in [-0.25, -0.2) is 5.90 Å². The number of likely N-dealkylation sites (N-methyl/N-ethyl adjacent to an activating group) is 1. The fourth-order valence-electron chi connectivity index (χ4n) is 2.12. The first-order chi connectivity index (χ1) is 9.19.